The molecule has 0 radical (unpaired) electrons. The van der Waals surface area contributed by atoms with Gasteiger partial charge < -0.3 is 4.74 Å². The number of carbonyl (C=O) groups excluding carboxylic acids is 2. The van der Waals surface area contributed by atoms with Gasteiger partial charge in [-0.05, 0) is 6.92 Å². The van der Waals surface area contributed by atoms with Crippen molar-refractivity contribution in [2.45, 2.75) is 19.4 Å². The molecular weight excluding hydrogens is 204 g/mol. The van der Waals surface area contributed by atoms with Crippen LogP contribution < -0.4 is 0 Å². The lowest BCUT2D eigenvalue weighted by molar-refractivity contribution is -0.141. The lowest BCUT2D eigenvalue weighted by Crippen LogP contribution is -2.17. The average molecular weight is 218 g/mol. The smallest absolute Gasteiger partial charge is 0.330 e. The third-order valence-corrected chi connectivity index (χ3v) is 2.05. The summed E-state index contributed by atoms with van der Waals surface area (Å²) in [6.07, 6.45) is 0.839. The maximum absolute atomic E-state index is 11.7. The second-order valence-corrected chi connectivity index (χ2v) is 3.44. The Bertz CT molecular complexity index is 381. The SMILES string of the molecule is C=CC(=O)OC(C)CC(=O)c1ccccc1. The second-order valence-electron chi connectivity index (χ2n) is 3.44. The summed E-state index contributed by atoms with van der Waals surface area (Å²) in [6, 6.07) is 8.92. The fourth-order valence-electron chi connectivity index (χ4n) is 1.29. The molecule has 0 bridgehead atoms. The Morgan fingerprint density at radius 3 is 2.56 bits per heavy atom. The van der Waals surface area contributed by atoms with E-state index >= 15 is 0 Å². The zero-order valence-corrected chi connectivity index (χ0v) is 9.18. The number of hydrogen-bond donors (Lipinski definition) is 0. The average Bonchev–Trinajstić information content (AvgIpc) is 2.29. The monoisotopic (exact) mass is 218 g/mol. The molecule has 0 amide bonds. The Kier molecular flexibility index (Phi) is 4.45. The molecule has 0 aliphatic heterocycles. The maximum atomic E-state index is 11.7. The first kappa shape index (κ1) is 12.2. The summed E-state index contributed by atoms with van der Waals surface area (Å²) in [6.45, 7) is 4.97. The fraction of sp³-hybridized carbons (Fsp3) is 0.231. The first-order chi connectivity index (χ1) is 7.63. The van der Waals surface area contributed by atoms with Crippen LogP contribution in [0.25, 0.3) is 0 Å². The fourth-order valence-corrected chi connectivity index (χ4v) is 1.29. The van der Waals surface area contributed by atoms with Gasteiger partial charge in [0.1, 0.15) is 6.10 Å². The number of hydrogen-bond acceptors (Lipinski definition) is 3. The highest BCUT2D eigenvalue weighted by Crippen LogP contribution is 2.07. The minimum Gasteiger partial charge on any atom is -0.459 e. The van der Waals surface area contributed by atoms with Gasteiger partial charge in [0.25, 0.3) is 0 Å². The molecule has 3 heteroatoms. The van der Waals surface area contributed by atoms with Crippen LogP contribution in [0.2, 0.25) is 0 Å². The molecule has 0 aliphatic rings. The van der Waals surface area contributed by atoms with Crippen molar-refractivity contribution in [3.05, 3.63) is 48.6 Å². The van der Waals surface area contributed by atoms with Crippen LogP contribution in [0.5, 0.6) is 0 Å². The zero-order valence-electron chi connectivity index (χ0n) is 9.18. The summed E-state index contributed by atoms with van der Waals surface area (Å²) in [7, 11) is 0. The molecule has 16 heavy (non-hydrogen) atoms. The molecule has 1 aromatic rings. The van der Waals surface area contributed by atoms with Crippen LogP contribution in [0, 0.1) is 0 Å². The maximum Gasteiger partial charge on any atom is 0.330 e. The molecule has 1 rings (SSSR count). The first-order valence-corrected chi connectivity index (χ1v) is 5.04. The predicted octanol–water partition coefficient (Wildman–Crippen LogP) is 2.38. The zero-order chi connectivity index (χ0) is 12.0. The van der Waals surface area contributed by atoms with Crippen molar-refractivity contribution in [2.75, 3.05) is 0 Å². The van der Waals surface area contributed by atoms with E-state index in [1.54, 1.807) is 31.2 Å². The van der Waals surface area contributed by atoms with E-state index < -0.39 is 12.1 Å². The molecule has 0 N–H and O–H groups in total. The van der Waals surface area contributed by atoms with Gasteiger partial charge in [0.15, 0.2) is 5.78 Å². The number of ketones is 1. The van der Waals surface area contributed by atoms with E-state index in [1.807, 2.05) is 6.07 Å². The van der Waals surface area contributed by atoms with Crippen molar-refractivity contribution in [3.8, 4) is 0 Å². The molecule has 0 fully saturated rings. The van der Waals surface area contributed by atoms with E-state index in [4.69, 9.17) is 4.74 Å². The number of esters is 1. The molecule has 84 valence electrons. The largest absolute Gasteiger partial charge is 0.459 e. The van der Waals surface area contributed by atoms with Crippen LogP contribution >= 0.6 is 0 Å². The highest BCUT2D eigenvalue weighted by atomic mass is 16.5. The Hall–Kier alpha value is -1.90. The molecule has 0 heterocycles. The molecule has 1 atom stereocenters. The van der Waals surface area contributed by atoms with Crippen molar-refractivity contribution in [1.82, 2.24) is 0 Å². The lowest BCUT2D eigenvalue weighted by atomic mass is 10.1. The molecule has 1 unspecified atom stereocenters. The Morgan fingerprint density at radius 2 is 2.00 bits per heavy atom. The second kappa shape index (κ2) is 5.85. The van der Waals surface area contributed by atoms with Crippen LogP contribution in [0.1, 0.15) is 23.7 Å². The Morgan fingerprint density at radius 1 is 1.38 bits per heavy atom. The molecule has 0 spiro atoms. The summed E-state index contributed by atoms with van der Waals surface area (Å²) in [5, 5.41) is 0. The molecule has 1 aromatic carbocycles. The first-order valence-electron chi connectivity index (χ1n) is 5.04. The number of carbonyl (C=O) groups is 2. The number of benzene rings is 1. The van der Waals surface area contributed by atoms with Gasteiger partial charge >= 0.3 is 5.97 Å². The Labute approximate surface area is 94.7 Å². The van der Waals surface area contributed by atoms with E-state index in [0.717, 1.165) is 6.08 Å². The summed E-state index contributed by atoms with van der Waals surface area (Å²) < 4.78 is 4.91. The van der Waals surface area contributed by atoms with Crippen LogP contribution in [0.4, 0.5) is 0 Å². The topological polar surface area (TPSA) is 43.4 Å². The van der Waals surface area contributed by atoms with Crippen molar-refractivity contribution < 1.29 is 14.3 Å². The van der Waals surface area contributed by atoms with Gasteiger partial charge in [0, 0.05) is 18.1 Å². The van der Waals surface area contributed by atoms with E-state index in [-0.39, 0.29) is 12.2 Å². The van der Waals surface area contributed by atoms with Gasteiger partial charge in [-0.15, -0.1) is 0 Å². The van der Waals surface area contributed by atoms with E-state index in [9.17, 15) is 9.59 Å². The van der Waals surface area contributed by atoms with Gasteiger partial charge in [-0.2, -0.15) is 0 Å². The van der Waals surface area contributed by atoms with Crippen molar-refractivity contribution >= 4 is 11.8 Å². The van der Waals surface area contributed by atoms with Crippen molar-refractivity contribution in [3.63, 3.8) is 0 Å². The molecule has 0 saturated carbocycles. The summed E-state index contributed by atoms with van der Waals surface area (Å²) in [4.78, 5) is 22.6. The van der Waals surface area contributed by atoms with E-state index in [1.165, 1.54) is 0 Å². The van der Waals surface area contributed by atoms with Crippen molar-refractivity contribution in [2.24, 2.45) is 0 Å². The number of ether oxygens (including phenoxy) is 1. The van der Waals surface area contributed by atoms with Gasteiger partial charge in [0.05, 0.1) is 0 Å². The quantitative estimate of drug-likeness (QED) is 0.433. The van der Waals surface area contributed by atoms with Crippen LogP contribution in [0.3, 0.4) is 0 Å². The van der Waals surface area contributed by atoms with E-state index in [2.05, 4.69) is 6.58 Å². The number of rotatable bonds is 5. The highest BCUT2D eigenvalue weighted by Gasteiger charge is 2.13. The minimum atomic E-state index is -0.506. The molecule has 0 aromatic heterocycles. The van der Waals surface area contributed by atoms with Gasteiger partial charge in [-0.3, -0.25) is 4.79 Å². The highest BCUT2D eigenvalue weighted by molar-refractivity contribution is 5.96. The predicted molar refractivity (Wildman–Crippen MR) is 61.1 cm³/mol. The summed E-state index contributed by atoms with van der Waals surface area (Å²) >= 11 is 0. The van der Waals surface area contributed by atoms with E-state index in [0.29, 0.717) is 5.56 Å². The molecular formula is C13H14O3. The van der Waals surface area contributed by atoms with Crippen molar-refractivity contribution in [1.29, 1.82) is 0 Å². The third kappa shape index (κ3) is 3.69. The normalized spacial score (nSPS) is 11.6. The minimum absolute atomic E-state index is 0.0371. The van der Waals surface area contributed by atoms with Gasteiger partial charge in [-0.1, -0.05) is 36.9 Å². The molecule has 3 nitrogen and oxygen atoms in total. The summed E-state index contributed by atoms with van der Waals surface area (Å²) in [5.74, 6) is -0.543. The van der Waals surface area contributed by atoms with Crippen LogP contribution in [-0.2, 0) is 9.53 Å². The molecule has 0 aliphatic carbocycles. The van der Waals surface area contributed by atoms with Gasteiger partial charge in [0.2, 0.25) is 0 Å². The van der Waals surface area contributed by atoms with Crippen LogP contribution in [0.15, 0.2) is 43.0 Å². The third-order valence-electron chi connectivity index (χ3n) is 2.05. The standard InChI is InChI=1S/C13H14O3/c1-3-13(15)16-10(2)9-12(14)11-7-5-4-6-8-11/h3-8,10H,1,9H2,2H3. The Balaban J connectivity index is 2.52. The number of Topliss-reactive ketones (excluding diaryl/α,β-unsaturated/α-hetero) is 1. The molecule has 0 saturated heterocycles. The summed E-state index contributed by atoms with van der Waals surface area (Å²) in [5.41, 5.74) is 0.629. The van der Waals surface area contributed by atoms with Gasteiger partial charge in [-0.25, -0.2) is 4.79 Å². The van der Waals surface area contributed by atoms with Crippen LogP contribution in [-0.4, -0.2) is 17.9 Å². The lowest BCUT2D eigenvalue weighted by Gasteiger charge is -2.10.